The second-order valence-electron chi connectivity index (χ2n) is 4.72. The highest BCUT2D eigenvalue weighted by Gasteiger charge is 2.23. The standard InChI is InChI=1S/C11H15IN4/c1-11(2,3)10-15-8(12)7-9(13-4)14-5-6-16(7)10/h5-6H,1-4H3,(H,13,14). The Balaban J connectivity index is 2.82. The number of hydrogen-bond donors (Lipinski definition) is 1. The molecule has 5 heteroatoms. The van der Waals surface area contributed by atoms with Crippen LogP contribution in [-0.2, 0) is 5.41 Å². The Morgan fingerprint density at radius 2 is 2.06 bits per heavy atom. The molecule has 1 N–H and O–H groups in total. The maximum atomic E-state index is 4.64. The molecule has 0 fully saturated rings. The molecule has 0 spiro atoms. The van der Waals surface area contributed by atoms with Crippen LogP contribution in [0.3, 0.4) is 0 Å². The molecule has 0 aliphatic heterocycles. The van der Waals surface area contributed by atoms with Crippen LogP contribution in [0.5, 0.6) is 0 Å². The minimum atomic E-state index is 0.0265. The maximum absolute atomic E-state index is 4.64. The Bertz CT molecular complexity index is 524. The molecule has 0 bridgehead atoms. The molecule has 86 valence electrons. The monoisotopic (exact) mass is 330 g/mol. The summed E-state index contributed by atoms with van der Waals surface area (Å²) in [4.78, 5) is 8.94. The maximum Gasteiger partial charge on any atom is 0.152 e. The first kappa shape index (κ1) is 11.6. The third-order valence-electron chi connectivity index (χ3n) is 2.42. The predicted octanol–water partition coefficient (Wildman–Crippen LogP) is 2.67. The van der Waals surface area contributed by atoms with Gasteiger partial charge >= 0.3 is 0 Å². The van der Waals surface area contributed by atoms with Crippen LogP contribution in [-0.4, -0.2) is 21.4 Å². The molecule has 0 amide bonds. The van der Waals surface area contributed by atoms with Crippen LogP contribution in [0.1, 0.15) is 26.6 Å². The molecular weight excluding hydrogens is 315 g/mol. The summed E-state index contributed by atoms with van der Waals surface area (Å²) in [7, 11) is 1.88. The molecule has 0 unspecified atom stereocenters. The fraction of sp³-hybridized carbons (Fsp3) is 0.455. The van der Waals surface area contributed by atoms with Crippen LogP contribution in [0.2, 0.25) is 0 Å². The highest BCUT2D eigenvalue weighted by molar-refractivity contribution is 14.1. The number of nitrogens with one attached hydrogen (secondary N) is 1. The van der Waals surface area contributed by atoms with E-state index in [2.05, 4.69) is 63.0 Å². The number of anilines is 1. The normalized spacial score (nSPS) is 12.1. The third kappa shape index (κ3) is 1.77. The smallest absolute Gasteiger partial charge is 0.152 e. The van der Waals surface area contributed by atoms with Crippen molar-refractivity contribution in [3.05, 3.63) is 21.9 Å². The zero-order chi connectivity index (χ0) is 11.9. The van der Waals surface area contributed by atoms with E-state index in [1.807, 2.05) is 13.2 Å². The van der Waals surface area contributed by atoms with Gasteiger partial charge in [-0.05, 0) is 22.6 Å². The average Bonchev–Trinajstić information content (AvgIpc) is 2.56. The summed E-state index contributed by atoms with van der Waals surface area (Å²) < 4.78 is 3.10. The lowest BCUT2D eigenvalue weighted by Crippen LogP contribution is -2.16. The van der Waals surface area contributed by atoms with Crippen molar-refractivity contribution < 1.29 is 0 Å². The molecule has 0 saturated carbocycles. The second-order valence-corrected chi connectivity index (χ2v) is 5.74. The van der Waals surface area contributed by atoms with E-state index in [1.165, 1.54) is 0 Å². The highest BCUT2D eigenvalue weighted by atomic mass is 127. The van der Waals surface area contributed by atoms with E-state index in [0.29, 0.717) is 0 Å². The van der Waals surface area contributed by atoms with Gasteiger partial charge < -0.3 is 5.32 Å². The number of aromatic nitrogens is 3. The fourth-order valence-corrected chi connectivity index (χ4v) is 2.45. The van der Waals surface area contributed by atoms with Gasteiger partial charge in [0.05, 0.1) is 0 Å². The van der Waals surface area contributed by atoms with E-state index in [0.717, 1.165) is 20.9 Å². The summed E-state index contributed by atoms with van der Waals surface area (Å²) in [5.41, 5.74) is 1.08. The summed E-state index contributed by atoms with van der Waals surface area (Å²) in [6, 6.07) is 0. The number of fused-ring (bicyclic) bond motifs is 1. The summed E-state index contributed by atoms with van der Waals surface area (Å²) in [6.07, 6.45) is 3.76. The van der Waals surface area contributed by atoms with Gasteiger partial charge in [0.15, 0.2) is 5.82 Å². The van der Waals surface area contributed by atoms with E-state index in [1.54, 1.807) is 6.20 Å². The SMILES string of the molecule is CNc1nccn2c(C(C)(C)C)nc(I)c12. The van der Waals surface area contributed by atoms with Crippen LogP contribution in [0.4, 0.5) is 5.82 Å². The van der Waals surface area contributed by atoms with Crippen LogP contribution in [0.25, 0.3) is 5.52 Å². The summed E-state index contributed by atoms with van der Waals surface area (Å²) in [5, 5.41) is 3.10. The summed E-state index contributed by atoms with van der Waals surface area (Å²) in [5.74, 6) is 1.93. The Morgan fingerprint density at radius 3 is 2.62 bits per heavy atom. The van der Waals surface area contributed by atoms with Crippen molar-refractivity contribution in [2.45, 2.75) is 26.2 Å². The van der Waals surface area contributed by atoms with Crippen LogP contribution >= 0.6 is 22.6 Å². The molecule has 2 heterocycles. The van der Waals surface area contributed by atoms with Crippen molar-refractivity contribution in [3.8, 4) is 0 Å². The lowest BCUT2D eigenvalue weighted by molar-refractivity contribution is 0.542. The number of nitrogens with zero attached hydrogens (tertiary/aromatic N) is 3. The zero-order valence-corrected chi connectivity index (χ0v) is 12.0. The Hall–Kier alpha value is -0.850. The molecule has 16 heavy (non-hydrogen) atoms. The summed E-state index contributed by atoms with van der Waals surface area (Å²) >= 11 is 2.26. The van der Waals surface area contributed by atoms with Gasteiger partial charge in [-0.1, -0.05) is 20.8 Å². The molecule has 0 saturated heterocycles. The van der Waals surface area contributed by atoms with Gasteiger partial charge in [-0.25, -0.2) is 9.97 Å². The summed E-state index contributed by atoms with van der Waals surface area (Å²) in [6.45, 7) is 6.49. The number of hydrogen-bond acceptors (Lipinski definition) is 3. The minimum Gasteiger partial charge on any atom is -0.371 e. The van der Waals surface area contributed by atoms with E-state index in [9.17, 15) is 0 Å². The van der Waals surface area contributed by atoms with Crippen LogP contribution in [0, 0.1) is 3.70 Å². The first-order valence-corrected chi connectivity index (χ1v) is 6.24. The first-order valence-electron chi connectivity index (χ1n) is 5.16. The zero-order valence-electron chi connectivity index (χ0n) is 9.87. The Labute approximate surface area is 109 Å². The Kier molecular flexibility index (Phi) is 2.81. The topological polar surface area (TPSA) is 42.2 Å². The lowest BCUT2D eigenvalue weighted by Gasteiger charge is -2.16. The molecule has 0 radical (unpaired) electrons. The average molecular weight is 330 g/mol. The van der Waals surface area contributed by atoms with Crippen molar-refractivity contribution in [1.82, 2.24) is 14.4 Å². The number of imidazole rings is 1. The van der Waals surface area contributed by atoms with Crippen LogP contribution in [0.15, 0.2) is 12.4 Å². The van der Waals surface area contributed by atoms with Crippen molar-refractivity contribution in [3.63, 3.8) is 0 Å². The predicted molar refractivity (Wildman–Crippen MR) is 74.0 cm³/mol. The molecule has 2 aromatic heterocycles. The first-order chi connectivity index (χ1) is 7.45. The van der Waals surface area contributed by atoms with Gasteiger partial charge in [0.2, 0.25) is 0 Å². The number of halogens is 1. The van der Waals surface area contributed by atoms with Crippen molar-refractivity contribution in [2.75, 3.05) is 12.4 Å². The van der Waals surface area contributed by atoms with Crippen molar-refractivity contribution in [2.24, 2.45) is 0 Å². The molecule has 4 nitrogen and oxygen atoms in total. The van der Waals surface area contributed by atoms with E-state index >= 15 is 0 Å². The largest absolute Gasteiger partial charge is 0.371 e. The van der Waals surface area contributed by atoms with Gasteiger partial charge in [0.25, 0.3) is 0 Å². The van der Waals surface area contributed by atoms with Gasteiger partial charge in [-0.15, -0.1) is 0 Å². The van der Waals surface area contributed by atoms with E-state index in [-0.39, 0.29) is 5.41 Å². The molecule has 0 atom stereocenters. The molecule has 0 aliphatic rings. The van der Waals surface area contributed by atoms with Gasteiger partial charge in [0, 0.05) is 24.9 Å². The quantitative estimate of drug-likeness (QED) is 0.818. The Morgan fingerprint density at radius 1 is 1.38 bits per heavy atom. The lowest BCUT2D eigenvalue weighted by atomic mass is 9.96. The van der Waals surface area contributed by atoms with Crippen molar-refractivity contribution >= 4 is 33.9 Å². The van der Waals surface area contributed by atoms with E-state index in [4.69, 9.17) is 0 Å². The molecule has 0 aromatic carbocycles. The number of rotatable bonds is 1. The highest BCUT2D eigenvalue weighted by Crippen LogP contribution is 2.28. The molecule has 2 rings (SSSR count). The third-order valence-corrected chi connectivity index (χ3v) is 3.17. The van der Waals surface area contributed by atoms with Crippen molar-refractivity contribution in [1.29, 1.82) is 0 Å². The second kappa shape index (κ2) is 3.87. The van der Waals surface area contributed by atoms with Gasteiger partial charge in [-0.3, -0.25) is 4.40 Å². The van der Waals surface area contributed by atoms with Crippen LogP contribution < -0.4 is 5.32 Å². The minimum absolute atomic E-state index is 0.0265. The van der Waals surface area contributed by atoms with Gasteiger partial charge in [0.1, 0.15) is 15.0 Å². The van der Waals surface area contributed by atoms with E-state index < -0.39 is 0 Å². The molecule has 2 aromatic rings. The fourth-order valence-electron chi connectivity index (χ4n) is 1.71. The van der Waals surface area contributed by atoms with Gasteiger partial charge in [-0.2, -0.15) is 0 Å². The molecular formula is C11H15IN4. The molecule has 0 aliphatic carbocycles.